The number of aliphatic hydroxyl groups is 1. The molecular formula is C9H10BrNO2. The molecule has 0 aromatic heterocycles. The molecular weight excluding hydrogens is 234 g/mol. The van der Waals surface area contributed by atoms with Gasteiger partial charge in [-0.1, -0.05) is 28.1 Å². The summed E-state index contributed by atoms with van der Waals surface area (Å²) in [6.07, 6.45) is -1.22. The molecule has 0 fully saturated rings. The highest BCUT2D eigenvalue weighted by molar-refractivity contribution is 9.10. The molecule has 3 N–H and O–H groups in total. The summed E-state index contributed by atoms with van der Waals surface area (Å²) in [6, 6.07) is 5.16. The van der Waals surface area contributed by atoms with Crippen molar-refractivity contribution in [2.24, 2.45) is 5.73 Å². The predicted octanol–water partition coefficient (Wildman–Crippen LogP) is 1.28. The van der Waals surface area contributed by atoms with Gasteiger partial charge in [0.1, 0.15) is 0 Å². The van der Waals surface area contributed by atoms with Crippen LogP contribution in [0.5, 0.6) is 0 Å². The van der Waals surface area contributed by atoms with Crippen LogP contribution in [0.4, 0.5) is 0 Å². The Morgan fingerprint density at radius 1 is 1.62 bits per heavy atom. The monoisotopic (exact) mass is 243 g/mol. The maximum absolute atomic E-state index is 10.7. The van der Waals surface area contributed by atoms with Crippen LogP contribution in [0.15, 0.2) is 22.7 Å². The number of carbonyl (C=O) groups excluding carboxylic acids is 1. The second kappa shape index (κ2) is 3.89. The number of rotatable bonds is 2. The lowest BCUT2D eigenvalue weighted by molar-refractivity contribution is -0.126. The highest BCUT2D eigenvalue weighted by Crippen LogP contribution is 2.20. The second-order valence-corrected chi connectivity index (χ2v) is 3.67. The second-order valence-electron chi connectivity index (χ2n) is 2.81. The van der Waals surface area contributed by atoms with E-state index in [9.17, 15) is 9.90 Å². The van der Waals surface area contributed by atoms with Crippen molar-refractivity contribution in [3.63, 3.8) is 0 Å². The van der Waals surface area contributed by atoms with Crippen molar-refractivity contribution >= 4 is 21.8 Å². The van der Waals surface area contributed by atoms with E-state index in [4.69, 9.17) is 5.73 Å². The molecule has 1 atom stereocenters. The van der Waals surface area contributed by atoms with E-state index in [0.717, 1.165) is 10.0 Å². The van der Waals surface area contributed by atoms with Crippen LogP contribution in [-0.2, 0) is 4.79 Å². The van der Waals surface area contributed by atoms with Crippen molar-refractivity contribution < 1.29 is 9.90 Å². The van der Waals surface area contributed by atoms with Gasteiger partial charge in [-0.25, -0.2) is 0 Å². The molecule has 0 saturated heterocycles. The fourth-order valence-corrected chi connectivity index (χ4v) is 1.25. The summed E-state index contributed by atoms with van der Waals surface area (Å²) in [5.41, 5.74) is 6.43. The average molecular weight is 244 g/mol. The zero-order valence-electron chi connectivity index (χ0n) is 7.12. The third-order valence-corrected chi connectivity index (χ3v) is 2.66. The third kappa shape index (κ3) is 2.29. The Labute approximate surface area is 84.7 Å². The van der Waals surface area contributed by atoms with Gasteiger partial charge in [0.05, 0.1) is 0 Å². The minimum Gasteiger partial charge on any atom is -0.378 e. The molecule has 0 aliphatic heterocycles. The summed E-state index contributed by atoms with van der Waals surface area (Å²) < 4.78 is 0.938. The van der Waals surface area contributed by atoms with Crippen LogP contribution in [0.3, 0.4) is 0 Å². The van der Waals surface area contributed by atoms with Crippen LogP contribution in [0.2, 0.25) is 0 Å². The fourth-order valence-electron chi connectivity index (χ4n) is 1.00. The van der Waals surface area contributed by atoms with E-state index in [1.807, 2.05) is 6.92 Å². The summed E-state index contributed by atoms with van der Waals surface area (Å²) in [6.45, 7) is 1.88. The molecule has 0 saturated carbocycles. The Morgan fingerprint density at radius 2 is 2.23 bits per heavy atom. The molecule has 1 unspecified atom stereocenters. The number of halogens is 1. The predicted molar refractivity (Wildman–Crippen MR) is 53.0 cm³/mol. The van der Waals surface area contributed by atoms with Gasteiger partial charge in [-0.3, -0.25) is 4.79 Å². The first-order valence-electron chi connectivity index (χ1n) is 3.76. The molecule has 0 aliphatic rings. The van der Waals surface area contributed by atoms with Crippen molar-refractivity contribution in [1.82, 2.24) is 0 Å². The largest absolute Gasteiger partial charge is 0.378 e. The van der Waals surface area contributed by atoms with Crippen LogP contribution in [0, 0.1) is 6.92 Å². The lowest BCUT2D eigenvalue weighted by atomic mass is 10.1. The molecule has 1 rings (SSSR count). The van der Waals surface area contributed by atoms with Crippen molar-refractivity contribution in [3.8, 4) is 0 Å². The maximum Gasteiger partial charge on any atom is 0.250 e. The number of aryl methyl sites for hydroxylation is 1. The van der Waals surface area contributed by atoms with Crippen LogP contribution in [-0.4, -0.2) is 11.0 Å². The number of nitrogens with two attached hydrogens (primary N) is 1. The van der Waals surface area contributed by atoms with E-state index in [2.05, 4.69) is 15.9 Å². The van der Waals surface area contributed by atoms with Gasteiger partial charge in [0, 0.05) is 4.47 Å². The van der Waals surface area contributed by atoms with Gasteiger partial charge in [0.25, 0.3) is 5.91 Å². The van der Waals surface area contributed by atoms with Gasteiger partial charge in [0.15, 0.2) is 6.10 Å². The Hall–Kier alpha value is -0.870. The number of carbonyl (C=O) groups is 1. The van der Waals surface area contributed by atoms with E-state index in [-0.39, 0.29) is 0 Å². The number of benzene rings is 1. The highest BCUT2D eigenvalue weighted by Gasteiger charge is 2.13. The molecule has 13 heavy (non-hydrogen) atoms. The smallest absolute Gasteiger partial charge is 0.250 e. The molecule has 1 aromatic rings. The third-order valence-electron chi connectivity index (χ3n) is 1.77. The van der Waals surface area contributed by atoms with E-state index in [1.165, 1.54) is 0 Å². The summed E-state index contributed by atoms with van der Waals surface area (Å²) in [4.78, 5) is 10.7. The Bertz CT molecular complexity index is 338. The SMILES string of the molecule is Cc1cc(C(O)C(N)=O)ccc1Br. The lowest BCUT2D eigenvalue weighted by Gasteiger charge is -2.08. The van der Waals surface area contributed by atoms with Crippen molar-refractivity contribution in [3.05, 3.63) is 33.8 Å². The molecule has 0 radical (unpaired) electrons. The van der Waals surface area contributed by atoms with Crippen molar-refractivity contribution in [2.45, 2.75) is 13.0 Å². The highest BCUT2D eigenvalue weighted by atomic mass is 79.9. The molecule has 4 heteroatoms. The van der Waals surface area contributed by atoms with Crippen LogP contribution in [0.25, 0.3) is 0 Å². The molecule has 3 nitrogen and oxygen atoms in total. The van der Waals surface area contributed by atoms with Crippen LogP contribution in [0.1, 0.15) is 17.2 Å². The average Bonchev–Trinajstić information content (AvgIpc) is 2.08. The number of hydrogen-bond acceptors (Lipinski definition) is 2. The van der Waals surface area contributed by atoms with Gasteiger partial charge in [-0.05, 0) is 24.1 Å². The minimum atomic E-state index is -1.22. The first-order chi connectivity index (χ1) is 6.02. The van der Waals surface area contributed by atoms with Crippen LogP contribution >= 0.6 is 15.9 Å². The molecule has 0 spiro atoms. The molecule has 0 aliphatic carbocycles. The van der Waals surface area contributed by atoms with Crippen molar-refractivity contribution in [2.75, 3.05) is 0 Å². The number of hydrogen-bond donors (Lipinski definition) is 2. The molecule has 0 bridgehead atoms. The molecule has 1 amide bonds. The van der Waals surface area contributed by atoms with Gasteiger partial charge in [-0.15, -0.1) is 0 Å². The molecule has 0 heterocycles. The maximum atomic E-state index is 10.7. The Kier molecular flexibility index (Phi) is 3.06. The van der Waals surface area contributed by atoms with Crippen LogP contribution < -0.4 is 5.73 Å². The molecule has 1 aromatic carbocycles. The van der Waals surface area contributed by atoms with E-state index in [1.54, 1.807) is 18.2 Å². The fraction of sp³-hybridized carbons (Fsp3) is 0.222. The standard InChI is InChI=1S/C9H10BrNO2/c1-5-4-6(2-3-7(5)10)8(12)9(11)13/h2-4,8,12H,1H3,(H2,11,13). The van der Waals surface area contributed by atoms with E-state index in [0.29, 0.717) is 5.56 Å². The first-order valence-corrected chi connectivity index (χ1v) is 4.55. The van der Waals surface area contributed by atoms with Gasteiger partial charge in [-0.2, -0.15) is 0 Å². The van der Waals surface area contributed by atoms with Gasteiger partial charge >= 0.3 is 0 Å². The summed E-state index contributed by atoms with van der Waals surface area (Å²) in [5.74, 6) is -0.735. The quantitative estimate of drug-likeness (QED) is 0.822. The molecule has 70 valence electrons. The van der Waals surface area contributed by atoms with E-state index >= 15 is 0 Å². The Morgan fingerprint density at radius 3 is 2.69 bits per heavy atom. The van der Waals surface area contributed by atoms with Gasteiger partial charge in [0.2, 0.25) is 0 Å². The van der Waals surface area contributed by atoms with Gasteiger partial charge < -0.3 is 10.8 Å². The topological polar surface area (TPSA) is 63.3 Å². The van der Waals surface area contributed by atoms with Crippen molar-refractivity contribution in [1.29, 1.82) is 0 Å². The summed E-state index contributed by atoms with van der Waals surface area (Å²) >= 11 is 3.32. The zero-order valence-corrected chi connectivity index (χ0v) is 8.71. The normalized spacial score (nSPS) is 12.5. The summed E-state index contributed by atoms with van der Waals surface area (Å²) in [7, 11) is 0. The number of aliphatic hydroxyl groups excluding tert-OH is 1. The lowest BCUT2D eigenvalue weighted by Crippen LogP contribution is -2.20. The minimum absolute atomic E-state index is 0.521. The number of primary amides is 1. The summed E-state index contributed by atoms with van der Waals surface area (Å²) in [5, 5.41) is 9.32. The Balaban J connectivity index is 3.03. The zero-order chi connectivity index (χ0) is 10.0. The number of amides is 1. The van der Waals surface area contributed by atoms with E-state index < -0.39 is 12.0 Å². The first kappa shape index (κ1) is 10.2.